The molecule has 1 atom stereocenters. The van der Waals surface area contributed by atoms with Crippen LogP contribution in [-0.4, -0.2) is 53.0 Å². The number of nitrogens with one attached hydrogen (secondary N) is 2. The molecule has 1 unspecified atom stereocenters. The van der Waals surface area contributed by atoms with E-state index in [0.29, 0.717) is 25.2 Å². The number of rotatable bonds is 9. The van der Waals surface area contributed by atoms with E-state index >= 15 is 0 Å². The summed E-state index contributed by atoms with van der Waals surface area (Å²) < 4.78 is 0. The Bertz CT molecular complexity index is 786. The van der Waals surface area contributed by atoms with Crippen molar-refractivity contribution in [3.8, 4) is 0 Å². The van der Waals surface area contributed by atoms with Gasteiger partial charge in [-0.1, -0.05) is 18.2 Å². The summed E-state index contributed by atoms with van der Waals surface area (Å²) in [4.78, 5) is 37.8. The number of carboxylic acids is 1. The van der Waals surface area contributed by atoms with Gasteiger partial charge in [-0.2, -0.15) is 0 Å². The third-order valence-corrected chi connectivity index (χ3v) is 6.35. The standard InChI is InChI=1S/C22H29N3O4/c26-20(8-7-16-9-15-3-1-2-4-19(15)24-22(16)29)23-17-10-18(11-17)25(13-21(27)28)12-14-5-6-14/h1-4,14,16-18H,5-13H2,(H,23,26)(H,24,29)(H,27,28). The normalized spacial score (nSPS) is 25.7. The fourth-order valence-corrected chi connectivity index (χ4v) is 4.40. The smallest absolute Gasteiger partial charge is 0.317 e. The summed E-state index contributed by atoms with van der Waals surface area (Å²) in [6.07, 6.45) is 5.56. The Labute approximate surface area is 170 Å². The Morgan fingerprint density at radius 1 is 1.21 bits per heavy atom. The molecule has 2 fully saturated rings. The molecule has 2 amide bonds. The minimum Gasteiger partial charge on any atom is -0.480 e. The van der Waals surface area contributed by atoms with Crippen LogP contribution in [0.25, 0.3) is 0 Å². The maximum absolute atomic E-state index is 12.3. The molecule has 3 aliphatic rings. The number of fused-ring (bicyclic) bond motifs is 1. The van der Waals surface area contributed by atoms with Crippen molar-refractivity contribution < 1.29 is 19.5 Å². The maximum Gasteiger partial charge on any atom is 0.317 e. The average molecular weight is 399 g/mol. The van der Waals surface area contributed by atoms with Crippen LogP contribution in [0.4, 0.5) is 5.69 Å². The number of carbonyl (C=O) groups is 3. The van der Waals surface area contributed by atoms with Gasteiger partial charge in [-0.3, -0.25) is 19.3 Å². The highest BCUT2D eigenvalue weighted by Gasteiger charge is 2.37. The number of benzene rings is 1. The number of amides is 2. The van der Waals surface area contributed by atoms with Crippen LogP contribution in [0.3, 0.4) is 0 Å². The SMILES string of the molecule is O=C(O)CN(CC1CC1)C1CC(NC(=O)CCC2Cc3ccccc3NC2=O)C1. The summed E-state index contributed by atoms with van der Waals surface area (Å²) in [7, 11) is 0. The fraction of sp³-hybridized carbons (Fsp3) is 0.591. The molecule has 0 spiro atoms. The highest BCUT2D eigenvalue weighted by Crippen LogP contribution is 2.34. The van der Waals surface area contributed by atoms with Gasteiger partial charge in [-0.15, -0.1) is 0 Å². The average Bonchev–Trinajstić information content (AvgIpc) is 3.45. The number of hydrogen-bond donors (Lipinski definition) is 3. The lowest BCUT2D eigenvalue weighted by Crippen LogP contribution is -2.55. The van der Waals surface area contributed by atoms with Crippen LogP contribution in [0, 0.1) is 11.8 Å². The summed E-state index contributed by atoms with van der Waals surface area (Å²) in [6, 6.07) is 8.15. The predicted octanol–water partition coefficient (Wildman–Crippen LogP) is 2.02. The molecule has 1 aromatic rings. The molecule has 4 rings (SSSR count). The monoisotopic (exact) mass is 399 g/mol. The van der Waals surface area contributed by atoms with Crippen molar-refractivity contribution in [1.29, 1.82) is 0 Å². The van der Waals surface area contributed by atoms with E-state index in [1.165, 1.54) is 12.8 Å². The largest absolute Gasteiger partial charge is 0.480 e. The first-order valence-electron chi connectivity index (χ1n) is 10.6. The Morgan fingerprint density at radius 3 is 2.69 bits per heavy atom. The van der Waals surface area contributed by atoms with Crippen LogP contribution < -0.4 is 10.6 Å². The number of anilines is 1. The van der Waals surface area contributed by atoms with Crippen LogP contribution in [-0.2, 0) is 20.8 Å². The van der Waals surface area contributed by atoms with E-state index in [0.717, 1.165) is 30.6 Å². The zero-order valence-corrected chi connectivity index (χ0v) is 16.6. The third-order valence-electron chi connectivity index (χ3n) is 6.35. The molecule has 2 aliphatic carbocycles. The second kappa shape index (κ2) is 8.53. The molecule has 1 aliphatic heterocycles. The van der Waals surface area contributed by atoms with Crippen molar-refractivity contribution in [3.63, 3.8) is 0 Å². The van der Waals surface area contributed by atoms with Crippen LogP contribution in [0.1, 0.15) is 44.1 Å². The molecule has 0 aromatic heterocycles. The lowest BCUT2D eigenvalue weighted by molar-refractivity contribution is -0.140. The molecule has 0 saturated heterocycles. The molecular formula is C22H29N3O4. The minimum absolute atomic E-state index is 0.00963. The Kier molecular flexibility index (Phi) is 5.85. The van der Waals surface area contributed by atoms with Gasteiger partial charge in [-0.25, -0.2) is 0 Å². The lowest BCUT2D eigenvalue weighted by atomic mass is 9.84. The zero-order chi connectivity index (χ0) is 20.4. The fourth-order valence-electron chi connectivity index (χ4n) is 4.40. The Hall–Kier alpha value is -2.41. The van der Waals surface area contributed by atoms with E-state index in [1.807, 2.05) is 24.3 Å². The van der Waals surface area contributed by atoms with E-state index in [1.54, 1.807) is 0 Å². The summed E-state index contributed by atoms with van der Waals surface area (Å²) in [5.41, 5.74) is 1.99. The second-order valence-corrected chi connectivity index (χ2v) is 8.74. The van der Waals surface area contributed by atoms with E-state index in [4.69, 9.17) is 5.11 Å². The molecular weight excluding hydrogens is 370 g/mol. The molecule has 7 nitrogen and oxygen atoms in total. The molecule has 1 heterocycles. The summed E-state index contributed by atoms with van der Waals surface area (Å²) in [5.74, 6) is -0.341. The van der Waals surface area contributed by atoms with Crippen molar-refractivity contribution >= 4 is 23.5 Å². The quantitative estimate of drug-likeness (QED) is 0.590. The third kappa shape index (κ3) is 5.15. The molecule has 1 aromatic carbocycles. The lowest BCUT2D eigenvalue weighted by Gasteiger charge is -2.42. The van der Waals surface area contributed by atoms with Crippen molar-refractivity contribution in [2.24, 2.45) is 11.8 Å². The van der Waals surface area contributed by atoms with E-state index in [9.17, 15) is 14.4 Å². The van der Waals surface area contributed by atoms with Crippen molar-refractivity contribution in [2.75, 3.05) is 18.4 Å². The number of carbonyl (C=O) groups excluding carboxylic acids is 2. The predicted molar refractivity (Wildman–Crippen MR) is 108 cm³/mol. The molecule has 3 N–H and O–H groups in total. The topological polar surface area (TPSA) is 98.7 Å². The number of para-hydroxylation sites is 1. The maximum atomic E-state index is 12.3. The first-order chi connectivity index (χ1) is 14.0. The molecule has 7 heteroatoms. The molecule has 0 radical (unpaired) electrons. The number of nitrogens with zero attached hydrogens (tertiary/aromatic N) is 1. The molecule has 0 bridgehead atoms. The Balaban J connectivity index is 1.19. The number of aliphatic carboxylic acids is 1. The van der Waals surface area contributed by atoms with Crippen LogP contribution in [0.5, 0.6) is 0 Å². The second-order valence-electron chi connectivity index (χ2n) is 8.74. The van der Waals surface area contributed by atoms with Gasteiger partial charge in [0, 0.05) is 36.7 Å². The minimum atomic E-state index is -0.787. The highest BCUT2D eigenvalue weighted by atomic mass is 16.4. The van der Waals surface area contributed by atoms with Gasteiger partial charge < -0.3 is 15.7 Å². The van der Waals surface area contributed by atoms with Gasteiger partial charge in [0.2, 0.25) is 11.8 Å². The summed E-state index contributed by atoms with van der Waals surface area (Å²) >= 11 is 0. The summed E-state index contributed by atoms with van der Waals surface area (Å²) in [6.45, 7) is 0.940. The highest BCUT2D eigenvalue weighted by molar-refractivity contribution is 5.96. The Morgan fingerprint density at radius 2 is 1.97 bits per heavy atom. The van der Waals surface area contributed by atoms with E-state index in [2.05, 4.69) is 15.5 Å². The van der Waals surface area contributed by atoms with Crippen LogP contribution >= 0.6 is 0 Å². The number of hydrogen-bond acceptors (Lipinski definition) is 4. The molecule has 29 heavy (non-hydrogen) atoms. The van der Waals surface area contributed by atoms with Crippen LogP contribution in [0.15, 0.2) is 24.3 Å². The first kappa shape index (κ1) is 19.9. The van der Waals surface area contributed by atoms with Gasteiger partial charge in [0.25, 0.3) is 0 Å². The van der Waals surface area contributed by atoms with Gasteiger partial charge in [-0.05, 0) is 56.1 Å². The van der Waals surface area contributed by atoms with Crippen LogP contribution in [0.2, 0.25) is 0 Å². The zero-order valence-electron chi connectivity index (χ0n) is 16.6. The van der Waals surface area contributed by atoms with Crippen molar-refractivity contribution in [3.05, 3.63) is 29.8 Å². The van der Waals surface area contributed by atoms with Crippen molar-refractivity contribution in [1.82, 2.24) is 10.2 Å². The van der Waals surface area contributed by atoms with Gasteiger partial charge in [0.1, 0.15) is 0 Å². The van der Waals surface area contributed by atoms with E-state index < -0.39 is 5.97 Å². The first-order valence-corrected chi connectivity index (χ1v) is 10.6. The van der Waals surface area contributed by atoms with Gasteiger partial charge >= 0.3 is 5.97 Å². The molecule has 156 valence electrons. The van der Waals surface area contributed by atoms with Gasteiger partial charge in [0.05, 0.1) is 6.54 Å². The van der Waals surface area contributed by atoms with E-state index in [-0.39, 0.29) is 36.4 Å². The molecule has 2 saturated carbocycles. The number of carboxylic acid groups (broad SMARTS) is 1. The summed E-state index contributed by atoms with van der Waals surface area (Å²) in [5, 5.41) is 15.1. The van der Waals surface area contributed by atoms with Gasteiger partial charge in [0.15, 0.2) is 0 Å². The van der Waals surface area contributed by atoms with Crippen molar-refractivity contribution in [2.45, 2.75) is 57.0 Å².